The zero-order valence-corrected chi connectivity index (χ0v) is 21.5. The lowest BCUT2D eigenvalue weighted by Crippen LogP contribution is -2.41. The third-order valence-electron chi connectivity index (χ3n) is 9.07. The first kappa shape index (κ1) is 23.1. The van der Waals surface area contributed by atoms with E-state index in [1.54, 1.807) is 6.20 Å². The highest BCUT2D eigenvalue weighted by molar-refractivity contribution is 6.06. The van der Waals surface area contributed by atoms with Crippen molar-refractivity contribution in [3.8, 4) is 0 Å². The number of carboxylic acid groups (broad SMARTS) is 1. The van der Waals surface area contributed by atoms with Gasteiger partial charge in [0.25, 0.3) is 0 Å². The summed E-state index contributed by atoms with van der Waals surface area (Å²) < 4.78 is 0. The number of benzene rings is 2. The van der Waals surface area contributed by atoms with Crippen molar-refractivity contribution in [3.05, 3.63) is 88.7 Å². The molecule has 0 saturated carbocycles. The maximum Gasteiger partial charge on any atom is 0.304 e. The van der Waals surface area contributed by atoms with Crippen LogP contribution < -0.4 is 15.5 Å². The van der Waals surface area contributed by atoms with Gasteiger partial charge in [0.05, 0.1) is 29.6 Å². The number of carbonyl (C=O) groups excluding carboxylic acids is 2. The van der Waals surface area contributed by atoms with Crippen molar-refractivity contribution >= 4 is 45.9 Å². The van der Waals surface area contributed by atoms with Crippen LogP contribution in [-0.4, -0.2) is 39.4 Å². The number of nitrogens with one attached hydrogen (secondary N) is 2. The van der Waals surface area contributed by atoms with Crippen LogP contribution in [0.1, 0.15) is 40.8 Å². The van der Waals surface area contributed by atoms with Crippen LogP contribution in [0.25, 0.3) is 10.9 Å². The second-order valence-corrected chi connectivity index (χ2v) is 11.5. The molecule has 3 aliphatic heterocycles. The van der Waals surface area contributed by atoms with E-state index in [1.165, 1.54) is 0 Å². The molecule has 2 aromatic carbocycles. The lowest BCUT2D eigenvalue weighted by molar-refractivity contribution is -0.138. The zero-order chi connectivity index (χ0) is 27.2. The Morgan fingerprint density at radius 1 is 1.00 bits per heavy atom. The smallest absolute Gasteiger partial charge is 0.304 e. The molecule has 0 saturated heterocycles. The van der Waals surface area contributed by atoms with Gasteiger partial charge in [-0.3, -0.25) is 19.4 Å². The molecule has 198 valence electrons. The standard InChI is InChI=1S/C31H25N5O4/c37-25-13-30(14-26(38)39)16-36(24-5-1-4-22(34-25)27(24)30)15-20-7-6-17-9-18-11-31(12-19(18)10-23(17)33-20)21-3-2-8-32-28(21)35-29(31)40/h1-10H,11-16H2,(H,34,37)(H,38,39)(H,32,35,40). The first-order valence-electron chi connectivity index (χ1n) is 13.4. The molecule has 2 aromatic heterocycles. The van der Waals surface area contributed by atoms with Crippen LogP contribution in [0.3, 0.4) is 0 Å². The number of pyridine rings is 2. The van der Waals surface area contributed by atoms with Gasteiger partial charge in [0.1, 0.15) is 5.82 Å². The number of rotatable bonds is 4. The number of carbonyl (C=O) groups is 3. The Kier molecular flexibility index (Phi) is 4.55. The highest BCUT2D eigenvalue weighted by Gasteiger charge is 2.51. The van der Waals surface area contributed by atoms with E-state index < -0.39 is 16.8 Å². The summed E-state index contributed by atoms with van der Waals surface area (Å²) >= 11 is 0. The lowest BCUT2D eigenvalue weighted by atomic mass is 9.73. The number of aliphatic carboxylic acids is 1. The molecule has 3 N–H and O–H groups in total. The summed E-state index contributed by atoms with van der Waals surface area (Å²) in [6.07, 6.45) is 2.98. The van der Waals surface area contributed by atoms with Crippen LogP contribution in [0.15, 0.2) is 60.8 Å². The molecule has 1 aliphatic carbocycles. The van der Waals surface area contributed by atoms with Gasteiger partial charge in [0.15, 0.2) is 0 Å². The Labute approximate surface area is 229 Å². The Balaban J connectivity index is 1.13. The molecule has 0 fully saturated rings. The molecule has 4 aliphatic rings. The van der Waals surface area contributed by atoms with Crippen molar-refractivity contribution in [3.63, 3.8) is 0 Å². The van der Waals surface area contributed by atoms with Gasteiger partial charge >= 0.3 is 5.97 Å². The minimum atomic E-state index is -0.915. The number of hydrogen-bond donors (Lipinski definition) is 3. The van der Waals surface area contributed by atoms with Crippen LogP contribution >= 0.6 is 0 Å². The summed E-state index contributed by atoms with van der Waals surface area (Å²) in [5.41, 5.74) is 6.10. The van der Waals surface area contributed by atoms with Crippen molar-refractivity contribution in [2.45, 2.75) is 43.1 Å². The van der Waals surface area contributed by atoms with Crippen LogP contribution in [0, 0.1) is 0 Å². The molecule has 0 radical (unpaired) electrons. The molecule has 9 heteroatoms. The van der Waals surface area contributed by atoms with Gasteiger partial charge in [0, 0.05) is 52.5 Å². The van der Waals surface area contributed by atoms with E-state index in [4.69, 9.17) is 4.98 Å². The average molecular weight is 532 g/mol. The highest BCUT2D eigenvalue weighted by Crippen LogP contribution is 2.52. The van der Waals surface area contributed by atoms with E-state index in [0.29, 0.717) is 37.4 Å². The second kappa shape index (κ2) is 7.88. The Morgan fingerprint density at radius 2 is 1.85 bits per heavy atom. The maximum absolute atomic E-state index is 13.1. The predicted octanol–water partition coefficient (Wildman–Crippen LogP) is 3.69. The lowest BCUT2D eigenvalue weighted by Gasteiger charge is -2.33. The molecule has 9 nitrogen and oxygen atoms in total. The Bertz CT molecular complexity index is 1820. The van der Waals surface area contributed by atoms with Gasteiger partial charge in [-0.25, -0.2) is 4.98 Å². The second-order valence-electron chi connectivity index (χ2n) is 11.5. The largest absolute Gasteiger partial charge is 0.481 e. The molecule has 0 bridgehead atoms. The topological polar surface area (TPSA) is 125 Å². The van der Waals surface area contributed by atoms with Crippen molar-refractivity contribution in [2.24, 2.45) is 0 Å². The number of aromatic nitrogens is 2. The van der Waals surface area contributed by atoms with Gasteiger partial charge in [0.2, 0.25) is 11.8 Å². The van der Waals surface area contributed by atoms with Gasteiger partial charge in [-0.15, -0.1) is 0 Å². The summed E-state index contributed by atoms with van der Waals surface area (Å²) in [4.78, 5) is 49.0. The fourth-order valence-corrected chi connectivity index (χ4v) is 7.50. The van der Waals surface area contributed by atoms with Gasteiger partial charge in [-0.2, -0.15) is 0 Å². The molecule has 4 aromatic rings. The number of carboxylic acids is 1. The summed E-state index contributed by atoms with van der Waals surface area (Å²) in [6.45, 7) is 0.929. The van der Waals surface area contributed by atoms with Gasteiger partial charge in [-0.05, 0) is 60.4 Å². The van der Waals surface area contributed by atoms with E-state index in [2.05, 4.69) is 38.7 Å². The fraction of sp³-hybridized carbons (Fsp3) is 0.258. The first-order valence-corrected chi connectivity index (χ1v) is 13.4. The number of fused-ring (bicyclic) bond motifs is 4. The quantitative estimate of drug-likeness (QED) is 0.367. The van der Waals surface area contributed by atoms with Crippen molar-refractivity contribution in [2.75, 3.05) is 22.1 Å². The van der Waals surface area contributed by atoms with Crippen molar-refractivity contribution in [1.82, 2.24) is 9.97 Å². The Hall–Kier alpha value is -4.79. The molecule has 2 unspecified atom stereocenters. The van der Waals surface area contributed by atoms with Crippen LogP contribution in [0.4, 0.5) is 17.2 Å². The molecule has 2 amide bonds. The Morgan fingerprint density at radius 3 is 2.70 bits per heavy atom. The average Bonchev–Trinajstić information content (AvgIpc) is 3.52. The number of hydrogen-bond acceptors (Lipinski definition) is 6. The molecular weight excluding hydrogens is 506 g/mol. The molecule has 5 heterocycles. The monoisotopic (exact) mass is 531 g/mol. The van der Waals surface area contributed by atoms with Crippen molar-refractivity contribution < 1.29 is 19.5 Å². The zero-order valence-electron chi connectivity index (χ0n) is 21.5. The molecule has 40 heavy (non-hydrogen) atoms. The highest BCUT2D eigenvalue weighted by atomic mass is 16.4. The molecule has 2 atom stereocenters. The summed E-state index contributed by atoms with van der Waals surface area (Å²) in [7, 11) is 0. The van der Waals surface area contributed by atoms with Crippen molar-refractivity contribution in [1.29, 1.82) is 0 Å². The SMILES string of the molecule is O=C(O)CC12CC(=O)Nc3cccc(c31)N(Cc1ccc3cc4c(cc3n1)CC1(C4)C(=O)Nc3ncccc31)C2. The van der Waals surface area contributed by atoms with Crippen LogP contribution in [-0.2, 0) is 44.6 Å². The van der Waals surface area contributed by atoms with Crippen LogP contribution in [0.5, 0.6) is 0 Å². The van der Waals surface area contributed by atoms with Gasteiger partial charge in [-0.1, -0.05) is 18.2 Å². The number of nitrogens with zero attached hydrogens (tertiary/aromatic N) is 3. The third kappa shape index (κ3) is 3.17. The number of amides is 2. The number of anilines is 3. The third-order valence-corrected chi connectivity index (χ3v) is 9.07. The molecule has 8 rings (SSSR count). The maximum atomic E-state index is 13.1. The predicted molar refractivity (Wildman–Crippen MR) is 148 cm³/mol. The van der Waals surface area contributed by atoms with E-state index in [9.17, 15) is 19.5 Å². The summed E-state index contributed by atoms with van der Waals surface area (Å²) in [5, 5.41) is 16.6. The summed E-state index contributed by atoms with van der Waals surface area (Å²) in [6, 6.07) is 17.9. The minimum Gasteiger partial charge on any atom is -0.481 e. The normalized spacial score (nSPS) is 23.6. The van der Waals surface area contributed by atoms with E-state index >= 15 is 0 Å². The van der Waals surface area contributed by atoms with E-state index in [1.807, 2.05) is 36.4 Å². The summed E-state index contributed by atoms with van der Waals surface area (Å²) in [5.74, 6) is -0.420. The van der Waals surface area contributed by atoms with Gasteiger partial charge < -0.3 is 20.6 Å². The molecular formula is C31H25N5O4. The molecule has 1 spiro atoms. The fourth-order valence-electron chi connectivity index (χ4n) is 7.50. The van der Waals surface area contributed by atoms with Crippen LogP contribution in [0.2, 0.25) is 0 Å². The first-order chi connectivity index (χ1) is 19.3. The minimum absolute atomic E-state index is 0.00246. The van der Waals surface area contributed by atoms with E-state index in [-0.39, 0.29) is 24.7 Å². The van der Waals surface area contributed by atoms with E-state index in [0.717, 1.165) is 44.5 Å².